The Balaban J connectivity index is 0.000000171. The number of aromatic hydroxyl groups is 5. The fourth-order valence-corrected chi connectivity index (χ4v) is 0.972. The molecule has 0 aromatic heterocycles. The number of hydrogen-bond acceptors (Lipinski definition) is 5. The molecule has 5 N–H and O–H groups in total. The van der Waals surface area contributed by atoms with Crippen LogP contribution in [-0.2, 0) is 0 Å². The molecule has 0 amide bonds. The fraction of sp³-hybridized carbons (Fsp3) is 0. The predicted octanol–water partition coefficient (Wildman–Crippen LogP) is 1.90. The Bertz CT molecular complexity index is 438. The smallest absolute Gasteiger partial charge is 0.200 e. The molecule has 0 radical (unpaired) electrons. The molecule has 0 fully saturated rings. The van der Waals surface area contributed by atoms with Crippen LogP contribution in [0.4, 0.5) is 0 Å². The van der Waals surface area contributed by atoms with Crippen LogP contribution in [0.1, 0.15) is 0 Å². The van der Waals surface area contributed by atoms with E-state index in [-0.39, 0.29) is 23.0 Å². The predicted molar refractivity (Wildman–Crippen MR) is 61.2 cm³/mol. The van der Waals surface area contributed by atoms with Crippen molar-refractivity contribution in [3.05, 3.63) is 42.5 Å². The van der Waals surface area contributed by atoms with E-state index < -0.39 is 5.75 Å². The summed E-state index contributed by atoms with van der Waals surface area (Å²) in [6, 6.07) is 9.71. The zero-order valence-electron chi connectivity index (χ0n) is 8.78. The monoisotopic (exact) mass is 236 g/mol. The fourth-order valence-electron chi connectivity index (χ4n) is 0.972. The van der Waals surface area contributed by atoms with Crippen LogP contribution in [0.15, 0.2) is 42.5 Å². The summed E-state index contributed by atoms with van der Waals surface area (Å²) in [4.78, 5) is 0. The molecule has 0 unspecified atom stereocenters. The van der Waals surface area contributed by atoms with Crippen molar-refractivity contribution in [3.63, 3.8) is 0 Å². The van der Waals surface area contributed by atoms with E-state index in [9.17, 15) is 0 Å². The third-order valence-corrected chi connectivity index (χ3v) is 1.84. The van der Waals surface area contributed by atoms with Gasteiger partial charge in [-0.25, -0.2) is 0 Å². The highest BCUT2D eigenvalue weighted by Gasteiger charge is 2.00. The molecule has 5 heteroatoms. The Hall–Kier alpha value is -2.56. The molecule has 0 aliphatic heterocycles. The topological polar surface area (TPSA) is 101 Å². The summed E-state index contributed by atoms with van der Waals surface area (Å²) in [6.45, 7) is 0. The molecule has 2 rings (SSSR count). The molecule has 0 aliphatic rings. The summed E-state index contributed by atoms with van der Waals surface area (Å²) in [7, 11) is 0. The minimum absolute atomic E-state index is 0.169. The molecule has 0 aliphatic carbocycles. The third-order valence-electron chi connectivity index (χ3n) is 1.84. The Labute approximate surface area is 97.5 Å². The number of benzene rings is 2. The number of rotatable bonds is 0. The highest BCUT2D eigenvalue weighted by molar-refractivity contribution is 5.47. The summed E-state index contributed by atoms with van der Waals surface area (Å²) in [5.74, 6) is -0.756. The molecule has 0 spiro atoms. The quantitative estimate of drug-likeness (QED) is 0.355. The molecule has 90 valence electrons. The van der Waals surface area contributed by atoms with E-state index in [4.69, 9.17) is 25.5 Å². The van der Waals surface area contributed by atoms with E-state index in [0.717, 1.165) is 0 Å². The van der Waals surface area contributed by atoms with Crippen molar-refractivity contribution in [1.29, 1.82) is 0 Å². The van der Waals surface area contributed by atoms with Gasteiger partial charge in [0.1, 0.15) is 11.5 Å². The minimum Gasteiger partial charge on any atom is -0.508 e. The van der Waals surface area contributed by atoms with Gasteiger partial charge in [-0.3, -0.25) is 0 Å². The summed E-state index contributed by atoms with van der Waals surface area (Å²) >= 11 is 0. The van der Waals surface area contributed by atoms with Crippen LogP contribution in [-0.4, -0.2) is 25.5 Å². The molecular weight excluding hydrogens is 224 g/mol. The van der Waals surface area contributed by atoms with Gasteiger partial charge in [-0.05, 0) is 36.4 Å². The number of phenolic OH excluding ortho intramolecular Hbond substituents is 5. The van der Waals surface area contributed by atoms with Gasteiger partial charge in [0.2, 0.25) is 0 Å². The van der Waals surface area contributed by atoms with Gasteiger partial charge in [0, 0.05) is 0 Å². The molecule has 0 bridgehead atoms. The summed E-state index contributed by atoms with van der Waals surface area (Å²) in [5.41, 5.74) is 0. The number of hydrogen-bond donors (Lipinski definition) is 5. The lowest BCUT2D eigenvalue weighted by Gasteiger charge is -1.96. The van der Waals surface area contributed by atoms with Gasteiger partial charge in [-0.2, -0.15) is 0 Å². The van der Waals surface area contributed by atoms with Crippen LogP contribution in [0.2, 0.25) is 0 Å². The highest BCUT2D eigenvalue weighted by Crippen LogP contribution is 2.32. The first-order chi connectivity index (χ1) is 8.00. The zero-order chi connectivity index (χ0) is 12.8. The SMILES string of the molecule is Oc1ccc(O)cc1.Oc1cccc(O)c1O. The minimum atomic E-state index is -0.475. The van der Waals surface area contributed by atoms with Crippen LogP contribution in [0.3, 0.4) is 0 Å². The van der Waals surface area contributed by atoms with Crippen LogP contribution >= 0.6 is 0 Å². The second kappa shape index (κ2) is 5.50. The number of phenols is 5. The first-order valence-corrected chi connectivity index (χ1v) is 4.68. The average Bonchev–Trinajstić information content (AvgIpc) is 2.31. The van der Waals surface area contributed by atoms with Crippen molar-refractivity contribution in [2.75, 3.05) is 0 Å². The largest absolute Gasteiger partial charge is 0.508 e. The number of para-hydroxylation sites is 1. The standard InChI is InChI=1S/C6H6O3.C6H6O2/c7-4-2-1-3-5(8)6(4)9;7-5-1-2-6(8)4-3-5/h1-3,7-9H;1-4,7-8H. The van der Waals surface area contributed by atoms with E-state index in [1.165, 1.54) is 42.5 Å². The van der Waals surface area contributed by atoms with Crippen molar-refractivity contribution in [2.45, 2.75) is 0 Å². The first kappa shape index (κ1) is 12.5. The zero-order valence-corrected chi connectivity index (χ0v) is 8.78. The Morgan fingerprint density at radius 2 is 0.882 bits per heavy atom. The van der Waals surface area contributed by atoms with Crippen molar-refractivity contribution in [1.82, 2.24) is 0 Å². The van der Waals surface area contributed by atoms with Crippen LogP contribution < -0.4 is 0 Å². The van der Waals surface area contributed by atoms with Crippen molar-refractivity contribution >= 4 is 0 Å². The summed E-state index contributed by atoms with van der Waals surface area (Å²) in [5, 5.41) is 43.4. The van der Waals surface area contributed by atoms with Gasteiger partial charge in [0.25, 0.3) is 0 Å². The van der Waals surface area contributed by atoms with E-state index in [2.05, 4.69) is 0 Å². The molecule has 2 aromatic rings. The summed E-state index contributed by atoms with van der Waals surface area (Å²) in [6.07, 6.45) is 0. The molecule has 0 heterocycles. The van der Waals surface area contributed by atoms with Gasteiger partial charge < -0.3 is 25.5 Å². The van der Waals surface area contributed by atoms with Crippen LogP contribution in [0.5, 0.6) is 28.7 Å². The molecule has 2 aromatic carbocycles. The average molecular weight is 236 g/mol. The van der Waals surface area contributed by atoms with Crippen LogP contribution in [0, 0.1) is 0 Å². The maximum Gasteiger partial charge on any atom is 0.200 e. The van der Waals surface area contributed by atoms with Gasteiger partial charge in [0.15, 0.2) is 17.2 Å². The highest BCUT2D eigenvalue weighted by atomic mass is 16.3. The van der Waals surface area contributed by atoms with Gasteiger partial charge in [-0.15, -0.1) is 0 Å². The van der Waals surface area contributed by atoms with Crippen LogP contribution in [0.25, 0.3) is 0 Å². The molecular formula is C12H12O5. The Kier molecular flexibility index (Phi) is 4.05. The lowest BCUT2D eigenvalue weighted by Crippen LogP contribution is -1.67. The molecule has 17 heavy (non-hydrogen) atoms. The van der Waals surface area contributed by atoms with E-state index in [0.29, 0.717) is 0 Å². The molecule has 0 saturated carbocycles. The second-order valence-corrected chi connectivity index (χ2v) is 3.16. The van der Waals surface area contributed by atoms with Crippen molar-refractivity contribution in [3.8, 4) is 28.7 Å². The molecule has 0 saturated heterocycles. The van der Waals surface area contributed by atoms with Gasteiger partial charge in [0.05, 0.1) is 0 Å². The Morgan fingerprint density at radius 1 is 0.529 bits per heavy atom. The normalized spacial score (nSPS) is 9.18. The van der Waals surface area contributed by atoms with E-state index in [1.54, 1.807) is 0 Å². The van der Waals surface area contributed by atoms with Crippen molar-refractivity contribution in [2.24, 2.45) is 0 Å². The lowest BCUT2D eigenvalue weighted by molar-refractivity contribution is 0.368. The second-order valence-electron chi connectivity index (χ2n) is 3.16. The molecule has 5 nitrogen and oxygen atoms in total. The third kappa shape index (κ3) is 3.83. The van der Waals surface area contributed by atoms with E-state index in [1.807, 2.05) is 0 Å². The van der Waals surface area contributed by atoms with E-state index >= 15 is 0 Å². The molecule has 0 atom stereocenters. The maximum atomic E-state index is 8.71. The lowest BCUT2D eigenvalue weighted by atomic mass is 10.3. The van der Waals surface area contributed by atoms with Gasteiger partial charge >= 0.3 is 0 Å². The first-order valence-electron chi connectivity index (χ1n) is 4.68. The maximum absolute atomic E-state index is 8.71. The van der Waals surface area contributed by atoms with Gasteiger partial charge in [-0.1, -0.05) is 6.07 Å². The van der Waals surface area contributed by atoms with Crippen molar-refractivity contribution < 1.29 is 25.5 Å². The Morgan fingerprint density at radius 3 is 1.18 bits per heavy atom. The summed E-state index contributed by atoms with van der Waals surface area (Å²) < 4.78 is 0.